The molecule has 1 heterocycles. The molecule has 0 aliphatic carbocycles. The molecular formula is C27H26ClN3O3. The smallest absolute Gasteiger partial charge is 0.266 e. The van der Waals surface area contributed by atoms with Crippen molar-refractivity contribution in [1.29, 1.82) is 0 Å². The van der Waals surface area contributed by atoms with Crippen LogP contribution >= 0.6 is 11.6 Å². The average Bonchev–Trinajstić information content (AvgIpc) is 2.87. The quantitative estimate of drug-likeness (QED) is 0.368. The van der Waals surface area contributed by atoms with Gasteiger partial charge in [-0.15, -0.1) is 0 Å². The number of hydrogen-bond donors (Lipinski definition) is 0. The van der Waals surface area contributed by atoms with Gasteiger partial charge < -0.3 is 9.64 Å². The molecule has 1 aromatic heterocycles. The fourth-order valence-electron chi connectivity index (χ4n) is 3.73. The van der Waals surface area contributed by atoms with Gasteiger partial charge in [-0.25, -0.2) is 4.98 Å². The number of ether oxygens (including phenoxy) is 1. The van der Waals surface area contributed by atoms with Crippen LogP contribution in [0.5, 0.6) is 5.75 Å². The molecule has 34 heavy (non-hydrogen) atoms. The Morgan fingerprint density at radius 2 is 1.74 bits per heavy atom. The number of carbonyl (C=O) groups excluding carboxylic acids is 1. The van der Waals surface area contributed by atoms with Gasteiger partial charge in [0.15, 0.2) is 6.61 Å². The minimum atomic E-state index is -0.482. The van der Waals surface area contributed by atoms with Gasteiger partial charge in [0.25, 0.3) is 11.5 Å². The van der Waals surface area contributed by atoms with E-state index in [0.717, 1.165) is 6.42 Å². The largest absolute Gasteiger partial charge is 0.484 e. The first kappa shape index (κ1) is 23.5. The molecule has 0 aliphatic rings. The van der Waals surface area contributed by atoms with Gasteiger partial charge in [0.1, 0.15) is 11.6 Å². The minimum absolute atomic E-state index is 0.147. The van der Waals surface area contributed by atoms with Gasteiger partial charge in [-0.1, -0.05) is 42.8 Å². The number of halogens is 1. The number of aryl methyl sites for hydroxylation is 1. The average molecular weight is 476 g/mol. The van der Waals surface area contributed by atoms with Crippen LogP contribution in [0.4, 0.5) is 0 Å². The molecule has 3 aromatic carbocycles. The Morgan fingerprint density at radius 1 is 1.06 bits per heavy atom. The summed E-state index contributed by atoms with van der Waals surface area (Å²) in [6, 6.07) is 21.4. The van der Waals surface area contributed by atoms with Gasteiger partial charge in [0.2, 0.25) is 0 Å². The van der Waals surface area contributed by atoms with Crippen LogP contribution in [0.1, 0.15) is 31.3 Å². The van der Waals surface area contributed by atoms with Crippen LogP contribution in [0.3, 0.4) is 0 Å². The maximum Gasteiger partial charge on any atom is 0.266 e. The zero-order valence-electron chi connectivity index (χ0n) is 19.4. The molecule has 0 aliphatic heterocycles. The van der Waals surface area contributed by atoms with Gasteiger partial charge in [0.05, 0.1) is 22.6 Å². The Balaban J connectivity index is 1.69. The predicted molar refractivity (Wildman–Crippen MR) is 135 cm³/mol. The van der Waals surface area contributed by atoms with Crippen molar-refractivity contribution in [1.82, 2.24) is 14.5 Å². The Hall–Kier alpha value is -3.64. The maximum absolute atomic E-state index is 13.5. The predicted octanol–water partition coefficient (Wildman–Crippen LogP) is 5.20. The molecule has 4 rings (SSSR count). The lowest BCUT2D eigenvalue weighted by atomic mass is 10.1. The van der Waals surface area contributed by atoms with Crippen molar-refractivity contribution in [2.75, 3.05) is 13.7 Å². The van der Waals surface area contributed by atoms with Gasteiger partial charge in [-0.3, -0.25) is 14.2 Å². The van der Waals surface area contributed by atoms with Crippen molar-refractivity contribution < 1.29 is 9.53 Å². The summed E-state index contributed by atoms with van der Waals surface area (Å²) >= 11 is 5.91. The minimum Gasteiger partial charge on any atom is -0.484 e. The normalized spacial score (nSPS) is 11.9. The number of amides is 1. The molecule has 6 nitrogen and oxygen atoms in total. The van der Waals surface area contributed by atoms with Crippen LogP contribution in [0.2, 0.25) is 5.02 Å². The molecule has 0 saturated heterocycles. The second kappa shape index (κ2) is 10.1. The Bertz CT molecular complexity index is 1370. The van der Waals surface area contributed by atoms with Crippen molar-refractivity contribution >= 4 is 28.4 Å². The summed E-state index contributed by atoms with van der Waals surface area (Å²) < 4.78 is 7.22. The molecule has 0 bridgehead atoms. The van der Waals surface area contributed by atoms with Gasteiger partial charge in [0, 0.05) is 12.1 Å². The monoisotopic (exact) mass is 475 g/mol. The molecule has 0 fully saturated rings. The lowest BCUT2D eigenvalue weighted by Gasteiger charge is -2.27. The number of para-hydroxylation sites is 1. The molecule has 0 spiro atoms. The molecule has 174 valence electrons. The molecule has 0 N–H and O–H groups in total. The Labute approximate surface area is 203 Å². The third-order valence-electron chi connectivity index (χ3n) is 5.93. The van der Waals surface area contributed by atoms with Crippen LogP contribution in [-0.2, 0) is 11.2 Å². The molecule has 1 amide bonds. The molecule has 0 saturated carbocycles. The number of likely N-dealkylation sites (N-methyl/N-ethyl adjacent to an activating group) is 1. The van der Waals surface area contributed by atoms with Crippen molar-refractivity contribution in [3.63, 3.8) is 0 Å². The summed E-state index contributed by atoms with van der Waals surface area (Å²) in [5.74, 6) is 0.795. The summed E-state index contributed by atoms with van der Waals surface area (Å²) in [6.45, 7) is 3.79. The fraction of sp³-hybridized carbons (Fsp3) is 0.222. The number of aromatic nitrogens is 2. The van der Waals surface area contributed by atoms with Crippen LogP contribution in [-0.4, -0.2) is 34.0 Å². The maximum atomic E-state index is 13.5. The van der Waals surface area contributed by atoms with Crippen LogP contribution < -0.4 is 10.3 Å². The zero-order chi connectivity index (χ0) is 24.2. The summed E-state index contributed by atoms with van der Waals surface area (Å²) in [5, 5.41) is 1.12. The van der Waals surface area contributed by atoms with E-state index in [1.165, 1.54) is 5.56 Å². The van der Waals surface area contributed by atoms with Crippen LogP contribution in [0, 0.1) is 0 Å². The highest BCUT2D eigenvalue weighted by Gasteiger charge is 2.24. The van der Waals surface area contributed by atoms with E-state index in [1.54, 1.807) is 46.8 Å². The third-order valence-corrected chi connectivity index (χ3v) is 6.18. The van der Waals surface area contributed by atoms with Crippen molar-refractivity contribution in [3.05, 3.63) is 99.6 Å². The van der Waals surface area contributed by atoms with E-state index < -0.39 is 6.04 Å². The summed E-state index contributed by atoms with van der Waals surface area (Å²) in [6.07, 6.45) is 0.902. The second-order valence-electron chi connectivity index (χ2n) is 8.07. The number of fused-ring (bicyclic) bond motifs is 1. The van der Waals surface area contributed by atoms with E-state index in [2.05, 4.69) is 6.92 Å². The summed E-state index contributed by atoms with van der Waals surface area (Å²) in [7, 11) is 1.68. The highest BCUT2D eigenvalue weighted by atomic mass is 35.5. The van der Waals surface area contributed by atoms with Gasteiger partial charge in [-0.2, -0.15) is 0 Å². The van der Waals surface area contributed by atoms with E-state index in [9.17, 15) is 9.59 Å². The topological polar surface area (TPSA) is 64.4 Å². The van der Waals surface area contributed by atoms with E-state index in [-0.39, 0.29) is 18.1 Å². The van der Waals surface area contributed by atoms with E-state index in [4.69, 9.17) is 21.3 Å². The van der Waals surface area contributed by atoms with Gasteiger partial charge >= 0.3 is 0 Å². The highest BCUT2D eigenvalue weighted by molar-refractivity contribution is 6.30. The molecule has 7 heteroatoms. The van der Waals surface area contributed by atoms with E-state index in [0.29, 0.717) is 33.2 Å². The summed E-state index contributed by atoms with van der Waals surface area (Å²) in [5.41, 5.74) is 2.30. The first-order chi connectivity index (χ1) is 16.4. The number of carbonyl (C=O) groups is 1. The fourth-order valence-corrected chi connectivity index (χ4v) is 3.85. The first-order valence-corrected chi connectivity index (χ1v) is 11.5. The standard InChI is InChI=1S/C27H26ClN3O3/c1-4-19-9-13-21(14-10-19)31-26(29-24-8-6-5-7-23(24)27(31)33)18(2)30(3)25(32)17-34-22-15-11-20(28)12-16-22/h5-16,18H,4,17H2,1-3H3. The highest BCUT2D eigenvalue weighted by Crippen LogP contribution is 2.23. The number of benzene rings is 3. The van der Waals surface area contributed by atoms with Crippen LogP contribution in [0.25, 0.3) is 16.6 Å². The van der Waals surface area contributed by atoms with E-state index >= 15 is 0 Å². The SMILES string of the molecule is CCc1ccc(-n2c(C(C)N(C)C(=O)COc3ccc(Cl)cc3)nc3ccccc3c2=O)cc1. The zero-order valence-corrected chi connectivity index (χ0v) is 20.1. The molecule has 1 unspecified atom stereocenters. The molecule has 0 radical (unpaired) electrons. The van der Waals surface area contributed by atoms with Crippen molar-refractivity contribution in [2.24, 2.45) is 0 Å². The second-order valence-corrected chi connectivity index (χ2v) is 8.51. The van der Waals surface area contributed by atoms with Crippen molar-refractivity contribution in [2.45, 2.75) is 26.3 Å². The van der Waals surface area contributed by atoms with Gasteiger partial charge in [-0.05, 0) is 67.4 Å². The van der Waals surface area contributed by atoms with Crippen molar-refractivity contribution in [3.8, 4) is 11.4 Å². The Morgan fingerprint density at radius 3 is 2.41 bits per heavy atom. The molecule has 1 atom stereocenters. The number of nitrogens with zero attached hydrogens (tertiary/aromatic N) is 3. The lowest BCUT2D eigenvalue weighted by molar-refractivity contribution is -0.134. The number of hydrogen-bond acceptors (Lipinski definition) is 4. The third kappa shape index (κ3) is 4.82. The summed E-state index contributed by atoms with van der Waals surface area (Å²) in [4.78, 5) is 32.8. The Kier molecular flexibility index (Phi) is 6.98. The van der Waals surface area contributed by atoms with Crippen LogP contribution in [0.15, 0.2) is 77.6 Å². The number of rotatable bonds is 7. The first-order valence-electron chi connectivity index (χ1n) is 11.1. The lowest BCUT2D eigenvalue weighted by Crippen LogP contribution is -2.37. The molecule has 4 aromatic rings. The van der Waals surface area contributed by atoms with E-state index in [1.807, 2.05) is 49.4 Å². The molecular weight excluding hydrogens is 450 g/mol.